The first-order valence-corrected chi connectivity index (χ1v) is 17.4. The van der Waals surface area contributed by atoms with Gasteiger partial charge in [-0.25, -0.2) is 0 Å². The van der Waals surface area contributed by atoms with E-state index in [1.807, 2.05) is 0 Å². The Morgan fingerprint density at radius 1 is 0.548 bits per heavy atom. The van der Waals surface area contributed by atoms with E-state index in [1.165, 1.54) is 82.8 Å². The first kappa shape index (κ1) is 38.5. The van der Waals surface area contributed by atoms with Crippen molar-refractivity contribution in [2.24, 2.45) is 0 Å². The lowest BCUT2D eigenvalue weighted by Crippen LogP contribution is -2.15. The smallest absolute Gasteiger partial charge is 0.305 e. The molecule has 0 unspecified atom stereocenters. The molecule has 0 radical (unpaired) electrons. The van der Waals surface area contributed by atoms with Gasteiger partial charge in [0.05, 0.1) is 64.4 Å². The minimum atomic E-state index is -3.75. The van der Waals surface area contributed by atoms with Crippen LogP contribution >= 0.6 is 0 Å². The van der Waals surface area contributed by atoms with Gasteiger partial charge in [0, 0.05) is 6.42 Å². The zero-order valence-corrected chi connectivity index (χ0v) is 26.8. The van der Waals surface area contributed by atoms with Crippen molar-refractivity contribution >= 4 is 16.1 Å². The van der Waals surface area contributed by atoms with Gasteiger partial charge in [-0.15, -0.1) is 0 Å². The Labute approximate surface area is 255 Å². The van der Waals surface area contributed by atoms with Crippen molar-refractivity contribution in [2.75, 3.05) is 66.1 Å². The topological polar surface area (TPSA) is 107 Å². The standard InChI is InChI=1S/C32H56O9S/c1-2-3-4-5-6-7-8-9-10-11-12-13-17-20-32(33)40-29-27-38-25-23-36-21-22-37-24-26-39-28-30-41-42(34,35)31-18-15-14-16-19-31/h14-16,18-19H,2-13,17,20-30H2,1H3. The maximum absolute atomic E-state index is 12.0. The van der Waals surface area contributed by atoms with Gasteiger partial charge in [-0.3, -0.25) is 8.98 Å². The van der Waals surface area contributed by atoms with E-state index in [9.17, 15) is 13.2 Å². The molecule has 1 rings (SSSR count). The molecule has 0 heterocycles. The molecule has 0 aromatic heterocycles. The molecule has 0 bridgehead atoms. The summed E-state index contributed by atoms with van der Waals surface area (Å²) in [6.07, 6.45) is 17.2. The van der Waals surface area contributed by atoms with Crippen LogP contribution in [0.15, 0.2) is 35.2 Å². The SMILES string of the molecule is CCCCCCCCCCCCCCCC(=O)OCCOCCOCCOCCOCCOS(=O)(=O)c1ccccc1. The van der Waals surface area contributed by atoms with Gasteiger partial charge < -0.3 is 23.7 Å². The summed E-state index contributed by atoms with van der Waals surface area (Å²) in [5.74, 6) is -0.149. The van der Waals surface area contributed by atoms with Crippen LogP contribution in [0.1, 0.15) is 96.8 Å². The molecule has 0 N–H and O–H groups in total. The number of esters is 1. The van der Waals surface area contributed by atoms with Crippen LogP contribution < -0.4 is 0 Å². The molecular weight excluding hydrogens is 560 g/mol. The van der Waals surface area contributed by atoms with Crippen molar-refractivity contribution in [1.82, 2.24) is 0 Å². The monoisotopic (exact) mass is 616 g/mol. The maximum Gasteiger partial charge on any atom is 0.305 e. The number of unbranched alkanes of at least 4 members (excludes halogenated alkanes) is 12. The normalized spacial score (nSPS) is 11.6. The van der Waals surface area contributed by atoms with Crippen LogP contribution in [0.4, 0.5) is 0 Å². The Balaban J connectivity index is 1.74. The summed E-state index contributed by atoms with van der Waals surface area (Å²) in [5.41, 5.74) is 0. The maximum atomic E-state index is 12.0. The Hall–Kier alpha value is -1.56. The summed E-state index contributed by atoms with van der Waals surface area (Å²) in [6, 6.07) is 7.99. The van der Waals surface area contributed by atoms with E-state index in [4.69, 9.17) is 27.9 Å². The first-order valence-electron chi connectivity index (χ1n) is 16.0. The molecule has 42 heavy (non-hydrogen) atoms. The van der Waals surface area contributed by atoms with E-state index >= 15 is 0 Å². The Morgan fingerprint density at radius 3 is 1.43 bits per heavy atom. The number of carbonyl (C=O) groups is 1. The molecule has 0 aliphatic heterocycles. The lowest BCUT2D eigenvalue weighted by molar-refractivity contribution is -0.145. The zero-order chi connectivity index (χ0) is 30.4. The molecule has 0 aliphatic rings. The first-order chi connectivity index (χ1) is 20.6. The number of benzene rings is 1. The highest BCUT2D eigenvalue weighted by atomic mass is 32.2. The largest absolute Gasteiger partial charge is 0.463 e. The van der Waals surface area contributed by atoms with Gasteiger partial charge in [-0.1, -0.05) is 102 Å². The summed E-state index contributed by atoms with van der Waals surface area (Å²) in [6.45, 7) is 5.37. The summed E-state index contributed by atoms with van der Waals surface area (Å²) >= 11 is 0. The fraction of sp³-hybridized carbons (Fsp3) is 0.781. The summed E-state index contributed by atoms with van der Waals surface area (Å²) in [4.78, 5) is 11.9. The van der Waals surface area contributed by atoms with Crippen LogP contribution in [0, 0.1) is 0 Å². The lowest BCUT2D eigenvalue weighted by atomic mass is 10.0. The number of carbonyl (C=O) groups excluding carboxylic acids is 1. The van der Waals surface area contributed by atoms with Gasteiger partial charge in [0.15, 0.2) is 0 Å². The van der Waals surface area contributed by atoms with Crippen LogP contribution in [0.25, 0.3) is 0 Å². The third kappa shape index (κ3) is 23.9. The minimum Gasteiger partial charge on any atom is -0.463 e. The Morgan fingerprint density at radius 2 is 0.952 bits per heavy atom. The molecule has 0 aliphatic carbocycles. The number of hydrogen-bond donors (Lipinski definition) is 0. The zero-order valence-electron chi connectivity index (χ0n) is 25.9. The van der Waals surface area contributed by atoms with Crippen molar-refractivity contribution in [3.8, 4) is 0 Å². The van der Waals surface area contributed by atoms with Gasteiger partial charge in [0.1, 0.15) is 6.61 Å². The van der Waals surface area contributed by atoms with Gasteiger partial charge in [0.25, 0.3) is 10.1 Å². The van der Waals surface area contributed by atoms with Crippen LogP contribution in [0.2, 0.25) is 0 Å². The predicted molar refractivity (Wildman–Crippen MR) is 164 cm³/mol. The Bertz CT molecular complexity index is 834. The van der Waals surface area contributed by atoms with Crippen molar-refractivity contribution in [3.63, 3.8) is 0 Å². The van der Waals surface area contributed by atoms with Crippen LogP contribution in [0.5, 0.6) is 0 Å². The third-order valence-electron chi connectivity index (χ3n) is 6.59. The van der Waals surface area contributed by atoms with E-state index in [0.29, 0.717) is 52.7 Å². The second kappa shape index (κ2) is 28.2. The fourth-order valence-electron chi connectivity index (χ4n) is 4.19. The molecule has 244 valence electrons. The minimum absolute atomic E-state index is 0.0565. The highest BCUT2D eigenvalue weighted by Crippen LogP contribution is 2.13. The lowest BCUT2D eigenvalue weighted by Gasteiger charge is -2.08. The predicted octanol–water partition coefficient (Wildman–Crippen LogP) is 6.48. The molecule has 0 atom stereocenters. The number of rotatable bonds is 31. The van der Waals surface area contributed by atoms with Crippen LogP contribution in [0.3, 0.4) is 0 Å². The van der Waals surface area contributed by atoms with Crippen LogP contribution in [-0.4, -0.2) is 80.5 Å². The summed E-state index contributed by atoms with van der Waals surface area (Å²) < 4.78 is 55.6. The average Bonchev–Trinajstić information content (AvgIpc) is 2.99. The highest BCUT2D eigenvalue weighted by molar-refractivity contribution is 7.86. The second-order valence-electron chi connectivity index (χ2n) is 10.3. The van der Waals surface area contributed by atoms with Gasteiger partial charge in [-0.05, 0) is 18.6 Å². The molecular formula is C32H56O9S. The van der Waals surface area contributed by atoms with Crippen molar-refractivity contribution in [1.29, 1.82) is 0 Å². The fourth-order valence-corrected chi connectivity index (χ4v) is 5.11. The van der Waals surface area contributed by atoms with E-state index in [1.54, 1.807) is 18.2 Å². The number of ether oxygens (including phenoxy) is 5. The molecule has 10 heteroatoms. The second-order valence-corrected chi connectivity index (χ2v) is 11.9. The highest BCUT2D eigenvalue weighted by Gasteiger charge is 2.13. The molecule has 1 aromatic rings. The summed E-state index contributed by atoms with van der Waals surface area (Å²) in [5, 5.41) is 0. The molecule has 0 fully saturated rings. The van der Waals surface area contributed by atoms with Crippen molar-refractivity contribution < 1.29 is 41.1 Å². The van der Waals surface area contributed by atoms with E-state index in [0.717, 1.165) is 12.8 Å². The third-order valence-corrected chi connectivity index (χ3v) is 7.92. The van der Waals surface area contributed by atoms with E-state index < -0.39 is 10.1 Å². The van der Waals surface area contributed by atoms with E-state index in [2.05, 4.69) is 6.92 Å². The molecule has 9 nitrogen and oxygen atoms in total. The molecule has 1 aromatic carbocycles. The van der Waals surface area contributed by atoms with Gasteiger partial charge >= 0.3 is 5.97 Å². The van der Waals surface area contributed by atoms with E-state index in [-0.39, 0.29) is 30.7 Å². The molecule has 0 amide bonds. The average molecular weight is 617 g/mol. The van der Waals surface area contributed by atoms with Gasteiger partial charge in [0.2, 0.25) is 0 Å². The Kier molecular flexibility index (Phi) is 25.8. The van der Waals surface area contributed by atoms with Crippen LogP contribution in [-0.2, 0) is 42.8 Å². The van der Waals surface area contributed by atoms with Crippen molar-refractivity contribution in [2.45, 2.75) is 102 Å². The molecule has 0 spiro atoms. The quantitative estimate of drug-likeness (QED) is 0.0526. The van der Waals surface area contributed by atoms with Gasteiger partial charge in [-0.2, -0.15) is 8.42 Å². The number of hydrogen-bond acceptors (Lipinski definition) is 9. The summed E-state index contributed by atoms with van der Waals surface area (Å²) in [7, 11) is -3.75. The van der Waals surface area contributed by atoms with Crippen molar-refractivity contribution in [3.05, 3.63) is 30.3 Å². The molecule has 0 saturated heterocycles. The molecule has 0 saturated carbocycles.